The average molecular weight is 586 g/mol. The summed E-state index contributed by atoms with van der Waals surface area (Å²) in [5, 5.41) is 0.995. The van der Waals surface area contributed by atoms with Gasteiger partial charge in [-0.05, 0) is 65.0 Å². The van der Waals surface area contributed by atoms with E-state index in [1.807, 2.05) is 25.1 Å². The second kappa shape index (κ2) is 15.3. The monoisotopic (exact) mass is 585 g/mol. The van der Waals surface area contributed by atoms with Gasteiger partial charge in [-0.1, -0.05) is 108 Å². The fourth-order valence-electron chi connectivity index (χ4n) is 5.72. The summed E-state index contributed by atoms with van der Waals surface area (Å²) < 4.78 is 26.4. The molecule has 0 aromatic heterocycles. The van der Waals surface area contributed by atoms with Crippen LogP contribution in [0.1, 0.15) is 67.3 Å². The fourth-order valence-corrected chi connectivity index (χ4v) is 7.62. The van der Waals surface area contributed by atoms with E-state index in [2.05, 4.69) is 86.6 Å². The summed E-state index contributed by atoms with van der Waals surface area (Å²) in [5.41, 5.74) is 7.15. The van der Waals surface area contributed by atoms with Crippen molar-refractivity contribution in [1.29, 1.82) is 0 Å². The Kier molecular flexibility index (Phi) is 11.6. The van der Waals surface area contributed by atoms with Gasteiger partial charge in [-0.25, -0.2) is 4.39 Å². The van der Waals surface area contributed by atoms with Crippen LogP contribution in [0.15, 0.2) is 91.0 Å². The van der Waals surface area contributed by atoms with E-state index in [0.29, 0.717) is 8.58 Å². The van der Waals surface area contributed by atoms with Crippen molar-refractivity contribution in [2.45, 2.75) is 57.5 Å². The van der Waals surface area contributed by atoms with E-state index >= 15 is 0 Å². The Hall–Kier alpha value is -3.20. The van der Waals surface area contributed by atoms with Crippen LogP contribution in [0.3, 0.4) is 0 Å². The molecule has 0 fully saturated rings. The summed E-state index contributed by atoms with van der Waals surface area (Å²) in [6.07, 6.45) is 5.78. The first-order valence-electron chi connectivity index (χ1n) is 15.0. The second-order valence-electron chi connectivity index (χ2n) is 11.2. The van der Waals surface area contributed by atoms with Gasteiger partial charge in [0.25, 0.3) is 0 Å². The zero-order valence-electron chi connectivity index (χ0n) is 25.8. The van der Waals surface area contributed by atoms with Gasteiger partial charge < -0.3 is 14.4 Å². The highest BCUT2D eigenvalue weighted by Crippen LogP contribution is 2.53. The maximum atomic E-state index is 14.4. The summed E-state index contributed by atoms with van der Waals surface area (Å²) >= 11 is 0. The molecule has 0 aliphatic heterocycles. The third kappa shape index (κ3) is 8.00. The van der Waals surface area contributed by atoms with E-state index < -0.39 is 0 Å². The maximum absolute atomic E-state index is 14.4. The summed E-state index contributed by atoms with van der Waals surface area (Å²) in [6, 6.07) is 31.2. The molecule has 0 aliphatic rings. The van der Waals surface area contributed by atoms with Crippen molar-refractivity contribution >= 4 is 19.6 Å². The van der Waals surface area contributed by atoms with Gasteiger partial charge in [0.1, 0.15) is 11.6 Å². The summed E-state index contributed by atoms with van der Waals surface area (Å²) in [5.74, 6) is 0.721. The normalized spacial score (nSPS) is 12.9. The lowest BCUT2D eigenvalue weighted by Crippen LogP contribution is -2.27. The van der Waals surface area contributed by atoms with Gasteiger partial charge in [0.2, 0.25) is 0 Å². The Morgan fingerprint density at radius 3 is 2.07 bits per heavy atom. The molecular formula is C37H45FNO2P. The number of hydrogen-bond donors (Lipinski definition) is 0. The van der Waals surface area contributed by atoms with Crippen molar-refractivity contribution in [2.75, 3.05) is 32.9 Å². The van der Waals surface area contributed by atoms with Crippen LogP contribution in [0.4, 0.5) is 10.1 Å². The van der Waals surface area contributed by atoms with E-state index in [1.165, 1.54) is 33.1 Å². The molecule has 0 radical (unpaired) electrons. The minimum atomic E-state index is -0.206. The van der Waals surface area contributed by atoms with Gasteiger partial charge in [-0.3, -0.25) is 0 Å². The number of hydrogen-bond acceptors (Lipinski definition) is 3. The predicted octanol–water partition coefficient (Wildman–Crippen LogP) is 8.86. The number of anilines is 1. The highest BCUT2D eigenvalue weighted by molar-refractivity contribution is 7.49. The Morgan fingerprint density at radius 1 is 0.810 bits per heavy atom. The predicted molar refractivity (Wildman–Crippen MR) is 178 cm³/mol. The Bertz CT molecular complexity index is 1410. The molecule has 2 unspecified atom stereocenters. The topological polar surface area (TPSA) is 21.7 Å². The molecule has 0 aliphatic carbocycles. The maximum Gasteiger partial charge on any atom is 0.188 e. The summed E-state index contributed by atoms with van der Waals surface area (Å²) in [4.78, 5) is 2.03. The van der Waals surface area contributed by atoms with Gasteiger partial charge >= 0.3 is 0 Å². The fraction of sp³-hybridized carbons (Fsp3) is 0.351. The standard InChI is InChI=1S/C37H45FNO2P/c1-6-8-21-37(7-2,42-35-20-19-32(38)26-34(35)39(3)4)33-25-30(22-28-15-11-9-12-16-28)24-31(36(33)41-27-40-5)23-29-17-13-10-14-18-29/h9-20,24-26,42H,6-8,21-23,27H2,1-5H3. The van der Waals surface area contributed by atoms with Gasteiger partial charge in [0.15, 0.2) is 6.79 Å². The van der Waals surface area contributed by atoms with E-state index in [-0.39, 0.29) is 17.8 Å². The molecule has 0 bridgehead atoms. The minimum absolute atomic E-state index is 0.181. The van der Waals surface area contributed by atoms with Crippen molar-refractivity contribution in [2.24, 2.45) is 0 Å². The van der Waals surface area contributed by atoms with Crippen LogP contribution in [0, 0.1) is 5.82 Å². The molecule has 4 aromatic carbocycles. The molecule has 0 amide bonds. The highest BCUT2D eigenvalue weighted by Gasteiger charge is 2.35. The minimum Gasteiger partial charge on any atom is -0.467 e. The Balaban J connectivity index is 1.95. The van der Waals surface area contributed by atoms with E-state index in [0.717, 1.165) is 50.0 Å². The average Bonchev–Trinajstić information content (AvgIpc) is 3.00. The lowest BCUT2D eigenvalue weighted by atomic mass is 9.85. The number of rotatable bonds is 15. The van der Waals surface area contributed by atoms with Crippen LogP contribution < -0.4 is 14.9 Å². The lowest BCUT2D eigenvalue weighted by Gasteiger charge is -2.37. The van der Waals surface area contributed by atoms with Crippen LogP contribution in [0.25, 0.3) is 0 Å². The Morgan fingerprint density at radius 2 is 1.48 bits per heavy atom. The molecule has 0 spiro atoms. The van der Waals surface area contributed by atoms with Crippen LogP contribution in [-0.2, 0) is 22.7 Å². The summed E-state index contributed by atoms with van der Waals surface area (Å²) in [6.45, 7) is 4.73. The molecule has 0 heterocycles. The van der Waals surface area contributed by atoms with Gasteiger partial charge in [-0.15, -0.1) is 0 Å². The van der Waals surface area contributed by atoms with Crippen LogP contribution in [0.5, 0.6) is 5.75 Å². The molecule has 4 aromatic rings. The number of methoxy groups -OCH3 is 1. The first-order chi connectivity index (χ1) is 20.4. The van der Waals surface area contributed by atoms with Crippen molar-refractivity contribution in [3.05, 3.63) is 125 Å². The van der Waals surface area contributed by atoms with E-state index in [4.69, 9.17) is 9.47 Å². The largest absolute Gasteiger partial charge is 0.467 e. The molecule has 0 saturated carbocycles. The van der Waals surface area contributed by atoms with E-state index in [9.17, 15) is 4.39 Å². The molecule has 0 N–H and O–H groups in total. The quantitative estimate of drug-likeness (QED) is 0.103. The van der Waals surface area contributed by atoms with Gasteiger partial charge in [0.05, 0.1) is 0 Å². The first kappa shape index (κ1) is 31.7. The Labute approximate surface area is 253 Å². The van der Waals surface area contributed by atoms with E-state index in [1.54, 1.807) is 19.2 Å². The van der Waals surface area contributed by atoms with Gasteiger partial charge in [0, 0.05) is 44.0 Å². The molecule has 2 atom stereocenters. The third-order valence-electron chi connectivity index (χ3n) is 7.93. The molecule has 222 valence electrons. The summed E-state index contributed by atoms with van der Waals surface area (Å²) in [7, 11) is 6.10. The van der Waals surface area contributed by atoms with Crippen LogP contribution in [-0.4, -0.2) is 28.0 Å². The molecule has 0 saturated heterocycles. The smallest absolute Gasteiger partial charge is 0.188 e. The number of benzene rings is 4. The van der Waals surface area contributed by atoms with Crippen LogP contribution >= 0.6 is 8.58 Å². The third-order valence-corrected chi connectivity index (χ3v) is 9.97. The SMILES string of the molecule is CCCCC(CC)(Pc1ccc(F)cc1N(C)C)c1cc(Cc2ccccc2)cc(Cc2ccccc2)c1OCOC. The number of nitrogens with zero attached hydrogens (tertiary/aromatic N) is 1. The number of halogens is 1. The highest BCUT2D eigenvalue weighted by atomic mass is 31.1. The lowest BCUT2D eigenvalue weighted by molar-refractivity contribution is 0.0492. The molecular weight excluding hydrogens is 540 g/mol. The van der Waals surface area contributed by atoms with Crippen molar-refractivity contribution in [3.8, 4) is 5.75 Å². The van der Waals surface area contributed by atoms with Crippen molar-refractivity contribution in [3.63, 3.8) is 0 Å². The molecule has 42 heavy (non-hydrogen) atoms. The first-order valence-corrected chi connectivity index (χ1v) is 16.0. The van der Waals surface area contributed by atoms with Gasteiger partial charge in [-0.2, -0.15) is 0 Å². The zero-order valence-corrected chi connectivity index (χ0v) is 26.8. The molecule has 5 heteroatoms. The van der Waals surface area contributed by atoms with Crippen LogP contribution in [0.2, 0.25) is 0 Å². The zero-order chi connectivity index (χ0) is 30.0. The second-order valence-corrected chi connectivity index (χ2v) is 13.0. The number of ether oxygens (including phenoxy) is 2. The van der Waals surface area contributed by atoms with Crippen molar-refractivity contribution in [1.82, 2.24) is 0 Å². The number of unbranched alkanes of at least 4 members (excludes halogenated alkanes) is 1. The van der Waals surface area contributed by atoms with Crippen molar-refractivity contribution < 1.29 is 13.9 Å². The molecule has 3 nitrogen and oxygen atoms in total. The molecule has 4 rings (SSSR count).